The van der Waals surface area contributed by atoms with Crippen molar-refractivity contribution in [2.45, 2.75) is 46.7 Å². The molecular formula is C23H30ClN3O5S. The van der Waals surface area contributed by atoms with Gasteiger partial charge in [-0.15, -0.1) is 0 Å². The first-order chi connectivity index (χ1) is 15.5. The van der Waals surface area contributed by atoms with E-state index in [1.54, 1.807) is 6.92 Å². The number of rotatable bonds is 8. The summed E-state index contributed by atoms with van der Waals surface area (Å²) in [6.07, 6.45) is 0.394. The first-order valence-electron chi connectivity index (χ1n) is 10.9. The fraction of sp³-hybridized carbons (Fsp3) is 0.522. The van der Waals surface area contributed by atoms with Crippen molar-refractivity contribution in [3.8, 4) is 0 Å². The predicted molar refractivity (Wildman–Crippen MR) is 126 cm³/mol. The standard InChI is InChI=1S/C23H30ClN3O5S/c1-15(2)11-26(19-9-10-33(30,31)14-19)20(28)13-32-23(29)21-17(4)25-27(22(21)24)12-18-7-5-16(3)6-8-18/h5-8,15,19H,9-14H2,1-4H3/t19-/m0/s1. The van der Waals surface area contributed by atoms with Crippen LogP contribution in [0.15, 0.2) is 24.3 Å². The summed E-state index contributed by atoms with van der Waals surface area (Å²) >= 11 is 6.42. The molecular weight excluding hydrogens is 466 g/mol. The van der Waals surface area contributed by atoms with Gasteiger partial charge in [-0.3, -0.25) is 4.79 Å². The number of hydrogen-bond donors (Lipinski definition) is 0. The van der Waals surface area contributed by atoms with E-state index in [1.165, 1.54) is 9.58 Å². The molecule has 0 bridgehead atoms. The third-order valence-corrected chi connectivity index (χ3v) is 7.72. The SMILES string of the molecule is Cc1ccc(Cn2nc(C)c(C(=O)OCC(=O)N(CC(C)C)[C@H]3CCS(=O)(=O)C3)c2Cl)cc1. The number of hydrogen-bond acceptors (Lipinski definition) is 6. The Bertz CT molecular complexity index is 1130. The molecule has 1 aliphatic rings. The average Bonchev–Trinajstić information content (AvgIpc) is 3.23. The van der Waals surface area contributed by atoms with E-state index < -0.39 is 34.4 Å². The van der Waals surface area contributed by atoms with Crippen molar-refractivity contribution >= 4 is 33.3 Å². The number of carbonyl (C=O) groups is 2. The first-order valence-corrected chi connectivity index (χ1v) is 13.1. The highest BCUT2D eigenvalue weighted by atomic mass is 35.5. The van der Waals surface area contributed by atoms with Crippen LogP contribution in [0.1, 0.15) is 47.4 Å². The second kappa shape index (κ2) is 10.3. The van der Waals surface area contributed by atoms with Gasteiger partial charge in [-0.2, -0.15) is 5.10 Å². The molecule has 1 aromatic carbocycles. The topological polar surface area (TPSA) is 98.6 Å². The van der Waals surface area contributed by atoms with Crippen molar-refractivity contribution < 1.29 is 22.7 Å². The zero-order chi connectivity index (χ0) is 24.3. The van der Waals surface area contributed by atoms with E-state index >= 15 is 0 Å². The molecule has 2 heterocycles. The van der Waals surface area contributed by atoms with Gasteiger partial charge in [0.2, 0.25) is 0 Å². The molecule has 1 aromatic heterocycles. The Morgan fingerprint density at radius 2 is 1.91 bits per heavy atom. The number of esters is 1. The summed E-state index contributed by atoms with van der Waals surface area (Å²) in [5.41, 5.74) is 2.65. The van der Waals surface area contributed by atoms with Crippen LogP contribution in [-0.2, 0) is 25.9 Å². The lowest BCUT2D eigenvalue weighted by Crippen LogP contribution is -2.45. The second-order valence-electron chi connectivity index (χ2n) is 8.97. The lowest BCUT2D eigenvalue weighted by Gasteiger charge is -2.29. The van der Waals surface area contributed by atoms with E-state index in [4.69, 9.17) is 16.3 Å². The van der Waals surface area contributed by atoms with E-state index in [2.05, 4.69) is 5.10 Å². The molecule has 0 N–H and O–H groups in total. The second-order valence-corrected chi connectivity index (χ2v) is 11.6. The van der Waals surface area contributed by atoms with Crippen LogP contribution < -0.4 is 0 Å². The molecule has 1 amide bonds. The lowest BCUT2D eigenvalue weighted by atomic mass is 10.1. The number of aryl methyl sites for hydroxylation is 2. The summed E-state index contributed by atoms with van der Waals surface area (Å²) in [7, 11) is -3.15. The highest BCUT2D eigenvalue weighted by Gasteiger charge is 2.35. The Morgan fingerprint density at radius 3 is 2.48 bits per heavy atom. The van der Waals surface area contributed by atoms with Crippen molar-refractivity contribution in [2.24, 2.45) is 5.92 Å². The number of sulfone groups is 1. The fourth-order valence-electron chi connectivity index (χ4n) is 3.91. The number of ether oxygens (including phenoxy) is 1. The van der Waals surface area contributed by atoms with Gasteiger partial charge in [-0.05, 0) is 31.7 Å². The number of nitrogens with zero attached hydrogens (tertiary/aromatic N) is 3. The zero-order valence-corrected chi connectivity index (χ0v) is 20.9. The van der Waals surface area contributed by atoms with Gasteiger partial charge < -0.3 is 9.64 Å². The highest BCUT2D eigenvalue weighted by Crippen LogP contribution is 2.23. The maximum Gasteiger partial charge on any atom is 0.343 e. The Balaban J connectivity index is 1.68. The van der Waals surface area contributed by atoms with Gasteiger partial charge in [-0.25, -0.2) is 17.9 Å². The van der Waals surface area contributed by atoms with Crippen LogP contribution in [0.2, 0.25) is 5.15 Å². The van der Waals surface area contributed by atoms with Crippen LogP contribution in [0.5, 0.6) is 0 Å². The van der Waals surface area contributed by atoms with Crippen LogP contribution in [0.3, 0.4) is 0 Å². The van der Waals surface area contributed by atoms with Crippen LogP contribution >= 0.6 is 11.6 Å². The smallest absolute Gasteiger partial charge is 0.343 e. The molecule has 1 fully saturated rings. The molecule has 1 atom stereocenters. The summed E-state index contributed by atoms with van der Waals surface area (Å²) in [5.74, 6) is -1.00. The molecule has 33 heavy (non-hydrogen) atoms. The van der Waals surface area contributed by atoms with E-state index in [9.17, 15) is 18.0 Å². The number of amides is 1. The van der Waals surface area contributed by atoms with Gasteiger partial charge in [0.05, 0.1) is 23.7 Å². The summed E-state index contributed by atoms with van der Waals surface area (Å²) in [5, 5.41) is 4.50. The summed E-state index contributed by atoms with van der Waals surface area (Å²) in [6, 6.07) is 7.50. The van der Waals surface area contributed by atoms with Gasteiger partial charge in [0, 0.05) is 12.6 Å². The Hall–Kier alpha value is -2.39. The number of benzene rings is 1. The third kappa shape index (κ3) is 6.35. The van der Waals surface area contributed by atoms with Crippen molar-refractivity contribution in [1.82, 2.24) is 14.7 Å². The van der Waals surface area contributed by atoms with E-state index in [0.717, 1.165) is 11.1 Å². The molecule has 3 rings (SSSR count). The Morgan fingerprint density at radius 1 is 1.24 bits per heavy atom. The van der Waals surface area contributed by atoms with E-state index in [0.29, 0.717) is 25.2 Å². The average molecular weight is 496 g/mol. The van der Waals surface area contributed by atoms with Crippen LogP contribution in [0.25, 0.3) is 0 Å². The molecule has 0 saturated carbocycles. The van der Waals surface area contributed by atoms with Crippen molar-refractivity contribution in [1.29, 1.82) is 0 Å². The molecule has 2 aromatic rings. The minimum Gasteiger partial charge on any atom is -0.452 e. The van der Waals surface area contributed by atoms with Crippen LogP contribution in [-0.4, -0.2) is 65.7 Å². The number of carbonyl (C=O) groups excluding carboxylic acids is 2. The molecule has 1 saturated heterocycles. The normalized spacial score (nSPS) is 17.3. The van der Waals surface area contributed by atoms with Gasteiger partial charge in [0.25, 0.3) is 5.91 Å². The van der Waals surface area contributed by atoms with Crippen molar-refractivity contribution in [2.75, 3.05) is 24.7 Å². The largest absolute Gasteiger partial charge is 0.452 e. The summed E-state index contributed by atoms with van der Waals surface area (Å²) < 4.78 is 30.6. The third-order valence-electron chi connectivity index (χ3n) is 5.58. The Kier molecular flexibility index (Phi) is 7.84. The van der Waals surface area contributed by atoms with Crippen LogP contribution in [0, 0.1) is 19.8 Å². The van der Waals surface area contributed by atoms with Gasteiger partial charge in [0.15, 0.2) is 16.4 Å². The lowest BCUT2D eigenvalue weighted by molar-refractivity contribution is -0.137. The number of aromatic nitrogens is 2. The molecule has 0 aliphatic carbocycles. The highest BCUT2D eigenvalue weighted by molar-refractivity contribution is 7.91. The maximum absolute atomic E-state index is 12.9. The summed E-state index contributed by atoms with van der Waals surface area (Å²) in [4.78, 5) is 27.1. The van der Waals surface area contributed by atoms with Gasteiger partial charge in [0.1, 0.15) is 10.7 Å². The fourth-order valence-corrected chi connectivity index (χ4v) is 5.95. The van der Waals surface area contributed by atoms with Gasteiger partial charge in [-0.1, -0.05) is 55.3 Å². The van der Waals surface area contributed by atoms with E-state index in [1.807, 2.05) is 45.0 Å². The minimum atomic E-state index is -3.15. The molecule has 1 aliphatic heterocycles. The molecule has 0 radical (unpaired) electrons. The zero-order valence-electron chi connectivity index (χ0n) is 19.4. The first kappa shape index (κ1) is 25.2. The Labute approximate surface area is 199 Å². The number of halogens is 1. The molecule has 8 nitrogen and oxygen atoms in total. The maximum atomic E-state index is 12.9. The molecule has 180 valence electrons. The van der Waals surface area contributed by atoms with Crippen molar-refractivity contribution in [3.63, 3.8) is 0 Å². The summed E-state index contributed by atoms with van der Waals surface area (Å²) in [6.45, 7) is 7.85. The minimum absolute atomic E-state index is 0.0594. The van der Waals surface area contributed by atoms with Crippen LogP contribution in [0.4, 0.5) is 0 Å². The van der Waals surface area contributed by atoms with E-state index in [-0.39, 0.29) is 28.1 Å². The molecule has 0 spiro atoms. The quantitative estimate of drug-likeness (QED) is 0.522. The van der Waals surface area contributed by atoms with Crippen molar-refractivity contribution in [3.05, 3.63) is 51.8 Å². The molecule has 0 unspecified atom stereocenters. The predicted octanol–water partition coefficient (Wildman–Crippen LogP) is 3.03. The van der Waals surface area contributed by atoms with Gasteiger partial charge >= 0.3 is 5.97 Å². The molecule has 10 heteroatoms. The monoisotopic (exact) mass is 495 g/mol.